The van der Waals surface area contributed by atoms with Crippen LogP contribution in [-0.2, 0) is 6.54 Å². The van der Waals surface area contributed by atoms with Crippen molar-refractivity contribution < 1.29 is 9.47 Å². The minimum absolute atomic E-state index is 0. The second kappa shape index (κ2) is 14.0. The zero-order valence-corrected chi connectivity index (χ0v) is 19.2. The number of aliphatic imine (C=N–C) groups is 1. The van der Waals surface area contributed by atoms with Crippen LogP contribution >= 0.6 is 24.0 Å². The molecule has 1 aromatic carbocycles. The second-order valence-corrected chi connectivity index (χ2v) is 6.16. The summed E-state index contributed by atoms with van der Waals surface area (Å²) in [5.41, 5.74) is 1.03. The number of nitrogens with one attached hydrogen (secondary N) is 2. The van der Waals surface area contributed by atoms with Crippen LogP contribution in [-0.4, -0.2) is 36.7 Å². The zero-order valence-electron chi connectivity index (χ0n) is 16.9. The molecule has 0 radical (unpaired) electrons. The van der Waals surface area contributed by atoms with Crippen LogP contribution in [0.3, 0.4) is 0 Å². The van der Waals surface area contributed by atoms with Gasteiger partial charge in [0.15, 0.2) is 5.96 Å². The SMILES string of the molecule is CCNC(=NCc1ccc(OCCOc2ccccc2)nc1)NC(C)CC.I. The van der Waals surface area contributed by atoms with Crippen LogP contribution in [0.2, 0.25) is 0 Å². The zero-order chi connectivity index (χ0) is 19.3. The maximum absolute atomic E-state index is 5.62. The molecular formula is C21H31IN4O2. The summed E-state index contributed by atoms with van der Waals surface area (Å²) in [6.07, 6.45) is 2.84. The van der Waals surface area contributed by atoms with E-state index in [2.05, 4.69) is 41.4 Å². The molecule has 0 fully saturated rings. The Morgan fingerprint density at radius 2 is 1.82 bits per heavy atom. The Bertz CT molecular complexity index is 681. The highest BCUT2D eigenvalue weighted by molar-refractivity contribution is 14.0. The first kappa shape index (κ1) is 24.0. The maximum atomic E-state index is 5.62. The van der Waals surface area contributed by atoms with Crippen molar-refractivity contribution in [3.8, 4) is 11.6 Å². The van der Waals surface area contributed by atoms with Crippen molar-refractivity contribution in [3.05, 3.63) is 54.2 Å². The first-order chi connectivity index (χ1) is 13.2. The summed E-state index contributed by atoms with van der Waals surface area (Å²) in [6, 6.07) is 13.9. The Kier molecular flexibility index (Phi) is 12.0. The fourth-order valence-corrected chi connectivity index (χ4v) is 2.24. The highest BCUT2D eigenvalue weighted by Crippen LogP contribution is 2.10. The van der Waals surface area contributed by atoms with E-state index in [0.717, 1.165) is 30.2 Å². The first-order valence-electron chi connectivity index (χ1n) is 9.51. The van der Waals surface area contributed by atoms with Crippen LogP contribution in [0.1, 0.15) is 32.8 Å². The normalized spacial score (nSPS) is 11.9. The molecule has 0 saturated carbocycles. The first-order valence-corrected chi connectivity index (χ1v) is 9.51. The maximum Gasteiger partial charge on any atom is 0.213 e. The van der Waals surface area contributed by atoms with Crippen molar-refractivity contribution in [1.29, 1.82) is 0 Å². The second-order valence-electron chi connectivity index (χ2n) is 6.16. The van der Waals surface area contributed by atoms with Crippen molar-refractivity contribution in [3.63, 3.8) is 0 Å². The number of ether oxygens (including phenoxy) is 2. The number of hydrogen-bond acceptors (Lipinski definition) is 4. The smallest absolute Gasteiger partial charge is 0.213 e. The lowest BCUT2D eigenvalue weighted by Gasteiger charge is -2.16. The molecule has 2 N–H and O–H groups in total. The van der Waals surface area contributed by atoms with E-state index in [4.69, 9.17) is 9.47 Å². The molecule has 7 heteroatoms. The molecule has 0 amide bonds. The average molecular weight is 498 g/mol. The number of pyridine rings is 1. The third-order valence-electron chi connectivity index (χ3n) is 3.90. The number of aromatic nitrogens is 1. The molecule has 2 rings (SSSR count). The van der Waals surface area contributed by atoms with E-state index in [1.807, 2.05) is 42.5 Å². The third kappa shape index (κ3) is 9.25. The summed E-state index contributed by atoms with van der Waals surface area (Å²) < 4.78 is 11.2. The average Bonchev–Trinajstić information content (AvgIpc) is 2.71. The molecule has 1 heterocycles. The number of guanidine groups is 1. The number of benzene rings is 1. The predicted molar refractivity (Wildman–Crippen MR) is 125 cm³/mol. The Morgan fingerprint density at radius 3 is 2.46 bits per heavy atom. The van der Waals surface area contributed by atoms with E-state index in [0.29, 0.717) is 31.7 Å². The van der Waals surface area contributed by atoms with Crippen molar-refractivity contribution in [1.82, 2.24) is 15.6 Å². The monoisotopic (exact) mass is 498 g/mol. The van der Waals surface area contributed by atoms with Gasteiger partial charge in [0.05, 0.1) is 6.54 Å². The molecule has 28 heavy (non-hydrogen) atoms. The summed E-state index contributed by atoms with van der Waals surface area (Å²) in [7, 11) is 0. The van der Waals surface area contributed by atoms with Gasteiger partial charge in [0, 0.05) is 24.8 Å². The van der Waals surface area contributed by atoms with Crippen molar-refractivity contribution in [2.75, 3.05) is 19.8 Å². The predicted octanol–water partition coefficient (Wildman–Crippen LogP) is 4.01. The fourth-order valence-electron chi connectivity index (χ4n) is 2.24. The van der Waals surface area contributed by atoms with E-state index >= 15 is 0 Å². The van der Waals surface area contributed by atoms with Gasteiger partial charge in [-0.25, -0.2) is 9.98 Å². The summed E-state index contributed by atoms with van der Waals surface area (Å²) in [5.74, 6) is 2.25. The Balaban J connectivity index is 0.00000392. The van der Waals surface area contributed by atoms with Crippen LogP contribution in [0.25, 0.3) is 0 Å². The topological polar surface area (TPSA) is 67.8 Å². The van der Waals surface area contributed by atoms with Gasteiger partial charge >= 0.3 is 0 Å². The van der Waals surface area contributed by atoms with Crippen LogP contribution < -0.4 is 20.1 Å². The quantitative estimate of drug-likeness (QED) is 0.224. The molecule has 6 nitrogen and oxygen atoms in total. The van der Waals surface area contributed by atoms with E-state index in [9.17, 15) is 0 Å². The van der Waals surface area contributed by atoms with Gasteiger partial charge in [-0.15, -0.1) is 24.0 Å². The standard InChI is InChI=1S/C21H30N4O2.HI/c1-4-17(3)25-21(22-5-2)24-16-18-11-12-20(23-15-18)27-14-13-26-19-9-7-6-8-10-19;/h6-12,15,17H,4-5,13-14,16H2,1-3H3,(H2,22,24,25);1H. The van der Waals surface area contributed by atoms with Gasteiger partial charge in [0.25, 0.3) is 0 Å². The molecule has 0 bridgehead atoms. The lowest BCUT2D eigenvalue weighted by Crippen LogP contribution is -2.41. The van der Waals surface area contributed by atoms with Gasteiger partial charge in [-0.2, -0.15) is 0 Å². The molecule has 0 spiro atoms. The highest BCUT2D eigenvalue weighted by Gasteiger charge is 2.03. The summed E-state index contributed by atoms with van der Waals surface area (Å²) in [4.78, 5) is 8.94. The van der Waals surface area contributed by atoms with Gasteiger partial charge in [-0.3, -0.25) is 0 Å². The summed E-state index contributed by atoms with van der Waals surface area (Å²) >= 11 is 0. The molecule has 0 aliphatic carbocycles. The molecule has 2 aromatic rings. The molecule has 154 valence electrons. The lowest BCUT2D eigenvalue weighted by atomic mass is 10.3. The Hall–Kier alpha value is -2.03. The van der Waals surface area contributed by atoms with Crippen LogP contribution in [0.5, 0.6) is 11.6 Å². The number of halogens is 1. The molecule has 1 unspecified atom stereocenters. The number of hydrogen-bond donors (Lipinski definition) is 2. The van der Waals surface area contributed by atoms with E-state index in [-0.39, 0.29) is 24.0 Å². The van der Waals surface area contributed by atoms with Crippen molar-refractivity contribution in [2.24, 2.45) is 4.99 Å². The van der Waals surface area contributed by atoms with Gasteiger partial charge in [-0.05, 0) is 38.0 Å². The summed E-state index contributed by atoms with van der Waals surface area (Å²) in [6.45, 7) is 8.67. The van der Waals surface area contributed by atoms with Crippen LogP contribution in [0, 0.1) is 0 Å². The lowest BCUT2D eigenvalue weighted by molar-refractivity contribution is 0.212. The van der Waals surface area contributed by atoms with E-state index < -0.39 is 0 Å². The fraction of sp³-hybridized carbons (Fsp3) is 0.429. The highest BCUT2D eigenvalue weighted by atomic mass is 127. The van der Waals surface area contributed by atoms with Gasteiger partial charge in [0.1, 0.15) is 19.0 Å². The van der Waals surface area contributed by atoms with Crippen LogP contribution in [0.4, 0.5) is 0 Å². The van der Waals surface area contributed by atoms with Gasteiger partial charge < -0.3 is 20.1 Å². The largest absolute Gasteiger partial charge is 0.490 e. The summed E-state index contributed by atoms with van der Waals surface area (Å²) in [5, 5.41) is 6.63. The minimum atomic E-state index is 0. The Morgan fingerprint density at radius 1 is 1.07 bits per heavy atom. The molecule has 1 aromatic heterocycles. The van der Waals surface area contributed by atoms with E-state index in [1.54, 1.807) is 6.20 Å². The molecule has 0 aliphatic heterocycles. The van der Waals surface area contributed by atoms with Gasteiger partial charge in [-0.1, -0.05) is 31.2 Å². The number of rotatable bonds is 10. The molecule has 0 saturated heterocycles. The number of para-hydroxylation sites is 1. The number of nitrogens with zero attached hydrogens (tertiary/aromatic N) is 2. The molecular weight excluding hydrogens is 467 g/mol. The molecule has 1 atom stereocenters. The van der Waals surface area contributed by atoms with Crippen molar-refractivity contribution >= 4 is 29.9 Å². The minimum Gasteiger partial charge on any atom is -0.490 e. The van der Waals surface area contributed by atoms with E-state index in [1.165, 1.54) is 0 Å². The van der Waals surface area contributed by atoms with Crippen LogP contribution in [0.15, 0.2) is 53.7 Å². The Labute approximate surface area is 185 Å². The van der Waals surface area contributed by atoms with Crippen molar-refractivity contribution in [2.45, 2.75) is 39.8 Å². The molecule has 0 aliphatic rings. The third-order valence-corrected chi connectivity index (χ3v) is 3.90. The van der Waals surface area contributed by atoms with Gasteiger partial charge in [0.2, 0.25) is 5.88 Å².